The van der Waals surface area contributed by atoms with Crippen molar-refractivity contribution < 1.29 is 14.6 Å². The van der Waals surface area contributed by atoms with Crippen LogP contribution in [0.2, 0.25) is 0 Å². The second-order valence-electron chi connectivity index (χ2n) is 7.91. The number of hydrogen-bond acceptors (Lipinski definition) is 3. The van der Waals surface area contributed by atoms with Crippen LogP contribution in [0.1, 0.15) is 49.7 Å². The highest BCUT2D eigenvalue weighted by atomic mass is 16.7. The van der Waals surface area contributed by atoms with Crippen molar-refractivity contribution in [3.8, 4) is 5.75 Å². The number of aromatic hydroxyl groups is 1. The predicted molar refractivity (Wildman–Crippen MR) is 88.1 cm³/mol. The van der Waals surface area contributed by atoms with Gasteiger partial charge in [-0.25, -0.2) is 0 Å². The summed E-state index contributed by atoms with van der Waals surface area (Å²) in [5.41, 5.74) is 2.73. The first-order valence-corrected chi connectivity index (χ1v) is 8.92. The van der Waals surface area contributed by atoms with Crippen molar-refractivity contribution in [2.75, 3.05) is 13.2 Å². The number of ether oxygens (including phenoxy) is 2. The van der Waals surface area contributed by atoms with Gasteiger partial charge in [-0.1, -0.05) is 25.1 Å². The second-order valence-corrected chi connectivity index (χ2v) is 7.91. The highest BCUT2D eigenvalue weighted by molar-refractivity contribution is 5.61. The first-order chi connectivity index (χ1) is 11.1. The molecule has 1 saturated heterocycles. The Bertz CT molecular complexity index is 673. The van der Waals surface area contributed by atoms with Crippen molar-refractivity contribution in [1.82, 2.24) is 0 Å². The average Bonchev–Trinajstić information content (AvgIpc) is 3.14. The molecule has 0 aromatic heterocycles. The first kappa shape index (κ1) is 14.1. The number of phenolic OH excluding ortho intramolecular Hbond substituents is 1. The molecule has 4 aliphatic rings. The van der Waals surface area contributed by atoms with Gasteiger partial charge in [0.1, 0.15) is 5.75 Å². The van der Waals surface area contributed by atoms with Crippen molar-refractivity contribution in [2.24, 2.45) is 17.3 Å². The normalized spacial score (nSPS) is 40.0. The average molecular weight is 312 g/mol. The minimum atomic E-state index is -0.328. The summed E-state index contributed by atoms with van der Waals surface area (Å²) in [6, 6.07) is 5.86. The minimum absolute atomic E-state index is 0.128. The number of rotatable bonds is 0. The molecular formula is C20H24O3. The van der Waals surface area contributed by atoms with Gasteiger partial charge >= 0.3 is 0 Å². The molecule has 1 heterocycles. The van der Waals surface area contributed by atoms with Crippen LogP contribution in [0.3, 0.4) is 0 Å². The third-order valence-corrected chi connectivity index (χ3v) is 7.10. The van der Waals surface area contributed by atoms with Gasteiger partial charge < -0.3 is 14.6 Å². The predicted octanol–water partition coefficient (Wildman–Crippen LogP) is 4.07. The van der Waals surface area contributed by atoms with Gasteiger partial charge in [0.25, 0.3) is 0 Å². The van der Waals surface area contributed by atoms with E-state index in [1.54, 1.807) is 0 Å². The molecule has 1 aromatic rings. The van der Waals surface area contributed by atoms with Gasteiger partial charge in [0.2, 0.25) is 0 Å². The third kappa shape index (κ3) is 1.72. The van der Waals surface area contributed by atoms with E-state index in [1.807, 2.05) is 12.1 Å². The van der Waals surface area contributed by atoms with E-state index in [0.29, 0.717) is 23.5 Å². The van der Waals surface area contributed by atoms with Crippen molar-refractivity contribution in [2.45, 2.75) is 44.3 Å². The quantitative estimate of drug-likeness (QED) is 0.785. The summed E-state index contributed by atoms with van der Waals surface area (Å²) >= 11 is 0. The summed E-state index contributed by atoms with van der Waals surface area (Å²) in [6.07, 6.45) is 9.16. The Balaban J connectivity index is 1.54. The van der Waals surface area contributed by atoms with E-state index in [0.717, 1.165) is 26.1 Å². The van der Waals surface area contributed by atoms with E-state index in [1.165, 1.54) is 24.0 Å². The number of allylic oxidation sites excluding steroid dienone is 1. The van der Waals surface area contributed by atoms with Gasteiger partial charge in [-0.3, -0.25) is 0 Å². The van der Waals surface area contributed by atoms with Crippen molar-refractivity contribution in [3.05, 3.63) is 35.4 Å². The van der Waals surface area contributed by atoms with E-state index >= 15 is 0 Å². The molecule has 122 valence electrons. The lowest BCUT2D eigenvalue weighted by Crippen LogP contribution is -2.50. The molecule has 3 fully saturated rings. The maximum absolute atomic E-state index is 9.75. The molecule has 0 radical (unpaired) electrons. The number of benzene rings is 1. The Hall–Kier alpha value is -1.32. The summed E-state index contributed by atoms with van der Waals surface area (Å²) in [7, 11) is 0. The fourth-order valence-electron chi connectivity index (χ4n) is 5.97. The number of fused-ring (bicyclic) bond motifs is 6. The number of hydrogen-bond donors (Lipinski definition) is 1. The molecule has 1 N–H and O–H groups in total. The summed E-state index contributed by atoms with van der Waals surface area (Å²) in [5, 5.41) is 9.75. The molecule has 23 heavy (non-hydrogen) atoms. The lowest BCUT2D eigenvalue weighted by Gasteiger charge is -2.51. The van der Waals surface area contributed by atoms with E-state index < -0.39 is 0 Å². The van der Waals surface area contributed by atoms with Crippen LogP contribution in [-0.4, -0.2) is 24.1 Å². The molecule has 1 aliphatic heterocycles. The number of phenols is 1. The molecule has 0 bridgehead atoms. The highest BCUT2D eigenvalue weighted by Crippen LogP contribution is 2.65. The largest absolute Gasteiger partial charge is 0.508 e. The lowest BCUT2D eigenvalue weighted by molar-refractivity contribution is -0.234. The minimum Gasteiger partial charge on any atom is -0.508 e. The van der Waals surface area contributed by atoms with E-state index in [-0.39, 0.29) is 11.2 Å². The zero-order chi connectivity index (χ0) is 15.7. The Morgan fingerprint density at radius 1 is 1.13 bits per heavy atom. The molecule has 3 aliphatic carbocycles. The molecule has 0 amide bonds. The van der Waals surface area contributed by atoms with Crippen molar-refractivity contribution in [1.29, 1.82) is 0 Å². The van der Waals surface area contributed by atoms with Gasteiger partial charge in [-0.05, 0) is 60.3 Å². The molecule has 1 aromatic carbocycles. The topological polar surface area (TPSA) is 38.7 Å². The first-order valence-electron chi connectivity index (χ1n) is 8.92. The van der Waals surface area contributed by atoms with E-state index in [9.17, 15) is 5.11 Å². The van der Waals surface area contributed by atoms with Crippen LogP contribution < -0.4 is 0 Å². The molecule has 1 spiro atoms. The zero-order valence-corrected chi connectivity index (χ0v) is 13.6. The molecule has 3 heteroatoms. The maximum Gasteiger partial charge on any atom is 0.174 e. The molecule has 4 atom stereocenters. The van der Waals surface area contributed by atoms with Crippen LogP contribution >= 0.6 is 0 Å². The zero-order valence-electron chi connectivity index (χ0n) is 13.6. The Morgan fingerprint density at radius 2 is 1.96 bits per heavy atom. The SMILES string of the molecule is C[C@]12CC[C@@H]3c4ccc(O)cc4C=C[C@H]3[C@@H]1CCC21OCCO1. The van der Waals surface area contributed by atoms with Gasteiger partial charge in [-0.15, -0.1) is 0 Å². The van der Waals surface area contributed by atoms with Crippen LogP contribution in [0.15, 0.2) is 24.3 Å². The van der Waals surface area contributed by atoms with Crippen LogP contribution in [0.4, 0.5) is 0 Å². The van der Waals surface area contributed by atoms with Crippen molar-refractivity contribution in [3.63, 3.8) is 0 Å². The monoisotopic (exact) mass is 312 g/mol. The van der Waals surface area contributed by atoms with Crippen LogP contribution in [0.5, 0.6) is 5.75 Å². The molecule has 2 saturated carbocycles. The highest BCUT2D eigenvalue weighted by Gasteiger charge is 2.64. The fourth-order valence-corrected chi connectivity index (χ4v) is 5.97. The summed E-state index contributed by atoms with van der Waals surface area (Å²) in [5.74, 6) is 1.80. The molecular weight excluding hydrogens is 288 g/mol. The Labute approximate surface area is 137 Å². The maximum atomic E-state index is 9.75. The fraction of sp³-hybridized carbons (Fsp3) is 0.600. The van der Waals surface area contributed by atoms with Crippen LogP contribution in [0, 0.1) is 17.3 Å². The molecule has 0 unspecified atom stereocenters. The van der Waals surface area contributed by atoms with E-state index in [4.69, 9.17) is 9.47 Å². The van der Waals surface area contributed by atoms with Gasteiger partial charge in [-0.2, -0.15) is 0 Å². The van der Waals surface area contributed by atoms with Crippen molar-refractivity contribution >= 4 is 6.08 Å². The van der Waals surface area contributed by atoms with Crippen LogP contribution in [0.25, 0.3) is 6.08 Å². The Kier molecular flexibility index (Phi) is 2.82. The summed E-state index contributed by atoms with van der Waals surface area (Å²) in [6.45, 7) is 3.88. The molecule has 5 rings (SSSR count). The van der Waals surface area contributed by atoms with Gasteiger partial charge in [0, 0.05) is 11.8 Å². The lowest BCUT2D eigenvalue weighted by atomic mass is 9.56. The van der Waals surface area contributed by atoms with Gasteiger partial charge in [0.15, 0.2) is 5.79 Å². The second kappa shape index (κ2) is 4.61. The standard InChI is InChI=1S/C20H24O3/c1-19-8-6-16-15-5-3-14(21)12-13(15)2-4-17(16)18(19)7-9-20(19)22-10-11-23-20/h2-5,12,16-18,21H,6-11H2,1H3/t16-,17-,18+,19+/m1/s1. The van der Waals surface area contributed by atoms with Crippen LogP contribution in [-0.2, 0) is 9.47 Å². The molecule has 3 nitrogen and oxygen atoms in total. The third-order valence-electron chi connectivity index (χ3n) is 7.10. The van der Waals surface area contributed by atoms with E-state index in [2.05, 4.69) is 25.1 Å². The summed E-state index contributed by atoms with van der Waals surface area (Å²) in [4.78, 5) is 0. The van der Waals surface area contributed by atoms with Gasteiger partial charge in [0.05, 0.1) is 13.2 Å². The Morgan fingerprint density at radius 3 is 2.78 bits per heavy atom. The smallest absolute Gasteiger partial charge is 0.174 e. The summed E-state index contributed by atoms with van der Waals surface area (Å²) < 4.78 is 12.3.